The average molecular weight is 877 g/mol. The van der Waals surface area contributed by atoms with Gasteiger partial charge < -0.3 is 9.47 Å². The summed E-state index contributed by atoms with van der Waals surface area (Å²) in [4.78, 5) is 2.40. The molecule has 0 fully saturated rings. The molecule has 2 nitrogen and oxygen atoms in total. The summed E-state index contributed by atoms with van der Waals surface area (Å²) in [6.07, 6.45) is 0. The summed E-state index contributed by atoms with van der Waals surface area (Å²) in [5.41, 5.74) is 19.1. The summed E-state index contributed by atoms with van der Waals surface area (Å²) in [5.74, 6) is 0. The fraction of sp³-hybridized carbons (Fsp3) is 0.121. The first-order valence-corrected chi connectivity index (χ1v) is 23.9. The lowest BCUT2D eigenvalue weighted by Gasteiger charge is -2.27. The Morgan fingerprint density at radius 3 is 1.49 bits per heavy atom. The molecule has 0 atom stereocenters. The highest BCUT2D eigenvalue weighted by atomic mass is 15.1. The lowest BCUT2D eigenvalue weighted by molar-refractivity contribution is 0.591. The quantitative estimate of drug-likeness (QED) is 0.148. The van der Waals surface area contributed by atoms with Crippen LogP contribution < -0.4 is 4.90 Å². The van der Waals surface area contributed by atoms with Gasteiger partial charge in [-0.3, -0.25) is 0 Å². The topological polar surface area (TPSA) is 8.17 Å². The number of aromatic nitrogens is 1. The second kappa shape index (κ2) is 17.0. The molecule has 0 aliphatic carbocycles. The monoisotopic (exact) mass is 876 g/mol. The fourth-order valence-electron chi connectivity index (χ4n) is 9.94. The van der Waals surface area contributed by atoms with Crippen molar-refractivity contribution in [2.45, 2.75) is 52.4 Å². The Hall–Kier alpha value is -7.94. The fourth-order valence-corrected chi connectivity index (χ4v) is 9.94. The van der Waals surface area contributed by atoms with Gasteiger partial charge in [-0.05, 0) is 144 Å². The van der Waals surface area contributed by atoms with Gasteiger partial charge in [0.1, 0.15) is 0 Å². The molecule has 0 saturated heterocycles. The summed E-state index contributed by atoms with van der Waals surface area (Å²) in [7, 11) is 0. The van der Waals surface area contributed by atoms with E-state index in [4.69, 9.17) is 0 Å². The minimum atomic E-state index is -0.0837. The number of anilines is 3. The van der Waals surface area contributed by atoms with E-state index >= 15 is 0 Å². The van der Waals surface area contributed by atoms with E-state index in [1.807, 2.05) is 0 Å². The van der Waals surface area contributed by atoms with Crippen LogP contribution in [-0.2, 0) is 10.8 Å². The van der Waals surface area contributed by atoms with Crippen molar-refractivity contribution in [1.82, 2.24) is 4.57 Å². The van der Waals surface area contributed by atoms with Crippen LogP contribution >= 0.6 is 0 Å². The van der Waals surface area contributed by atoms with Gasteiger partial charge in [-0.1, -0.05) is 205 Å². The van der Waals surface area contributed by atoms with Crippen LogP contribution in [0.1, 0.15) is 52.7 Å². The van der Waals surface area contributed by atoms with Crippen molar-refractivity contribution in [1.29, 1.82) is 0 Å². The van der Waals surface area contributed by atoms with E-state index < -0.39 is 0 Å². The maximum Gasteiger partial charge on any atom is 0.0550 e. The third kappa shape index (κ3) is 7.96. The Kier molecular flexibility index (Phi) is 10.7. The van der Waals surface area contributed by atoms with Gasteiger partial charge in [-0.25, -0.2) is 0 Å². The first-order valence-electron chi connectivity index (χ1n) is 23.9. The number of rotatable bonds is 8. The zero-order chi connectivity index (χ0) is 46.6. The van der Waals surface area contributed by atoms with E-state index in [0.29, 0.717) is 0 Å². The lowest BCUT2D eigenvalue weighted by atomic mass is 9.83. The van der Waals surface area contributed by atoms with Crippen molar-refractivity contribution in [2.75, 3.05) is 4.90 Å². The number of para-hydroxylation sites is 1. The molecule has 10 aromatic carbocycles. The van der Waals surface area contributed by atoms with Gasteiger partial charge in [-0.2, -0.15) is 0 Å². The number of hydrogen-bond donors (Lipinski definition) is 0. The maximum atomic E-state index is 2.49. The molecule has 11 rings (SSSR count). The van der Waals surface area contributed by atoms with Crippen LogP contribution in [-0.4, -0.2) is 4.57 Å². The van der Waals surface area contributed by atoms with Crippen LogP contribution in [0.2, 0.25) is 0 Å². The highest BCUT2D eigenvalue weighted by Gasteiger charge is 2.25. The molecule has 1 heterocycles. The molecular formula is C66H56N2. The van der Waals surface area contributed by atoms with Crippen molar-refractivity contribution in [3.8, 4) is 50.2 Å². The molecule has 0 aliphatic rings. The molecule has 330 valence electrons. The first-order chi connectivity index (χ1) is 33.0. The third-order valence-corrected chi connectivity index (χ3v) is 13.7. The summed E-state index contributed by atoms with van der Waals surface area (Å²) >= 11 is 0. The third-order valence-electron chi connectivity index (χ3n) is 13.7. The van der Waals surface area contributed by atoms with Gasteiger partial charge in [0.2, 0.25) is 0 Å². The molecule has 0 bridgehead atoms. The second-order valence-electron chi connectivity index (χ2n) is 20.3. The molecule has 0 spiro atoms. The molecule has 0 unspecified atom stereocenters. The van der Waals surface area contributed by atoms with Gasteiger partial charge in [0, 0.05) is 33.5 Å². The van der Waals surface area contributed by atoms with Crippen LogP contribution in [0, 0.1) is 0 Å². The second-order valence-corrected chi connectivity index (χ2v) is 20.3. The molecule has 2 heteroatoms. The Morgan fingerprint density at radius 1 is 0.324 bits per heavy atom. The molecule has 1 aromatic heterocycles. The average Bonchev–Trinajstić information content (AvgIpc) is 3.70. The van der Waals surface area contributed by atoms with Crippen molar-refractivity contribution < 1.29 is 0 Å². The summed E-state index contributed by atoms with van der Waals surface area (Å²) in [5, 5.41) is 5.05. The highest BCUT2D eigenvalue weighted by molar-refractivity contribution is 6.16. The predicted octanol–water partition coefficient (Wildman–Crippen LogP) is 18.7. The Labute approximate surface area is 401 Å². The zero-order valence-corrected chi connectivity index (χ0v) is 39.8. The largest absolute Gasteiger partial charge is 0.310 e. The zero-order valence-electron chi connectivity index (χ0n) is 39.8. The van der Waals surface area contributed by atoms with Gasteiger partial charge >= 0.3 is 0 Å². The van der Waals surface area contributed by atoms with Gasteiger partial charge in [0.05, 0.1) is 11.0 Å². The smallest absolute Gasteiger partial charge is 0.0550 e. The van der Waals surface area contributed by atoms with Crippen LogP contribution in [0.25, 0.3) is 82.8 Å². The summed E-state index contributed by atoms with van der Waals surface area (Å²) < 4.78 is 2.49. The van der Waals surface area contributed by atoms with Crippen LogP contribution in [0.4, 0.5) is 17.1 Å². The van der Waals surface area contributed by atoms with E-state index in [2.05, 4.69) is 282 Å². The Balaban J connectivity index is 1.05. The van der Waals surface area contributed by atoms with Crippen LogP contribution in [0.5, 0.6) is 0 Å². The van der Waals surface area contributed by atoms with Crippen LogP contribution in [0.15, 0.2) is 231 Å². The predicted molar refractivity (Wildman–Crippen MR) is 292 cm³/mol. The molecule has 0 amide bonds. The van der Waals surface area contributed by atoms with Gasteiger partial charge in [0.15, 0.2) is 0 Å². The van der Waals surface area contributed by atoms with Crippen molar-refractivity contribution in [3.63, 3.8) is 0 Å². The highest BCUT2D eigenvalue weighted by Crippen LogP contribution is 2.45. The molecule has 0 radical (unpaired) electrons. The lowest BCUT2D eigenvalue weighted by Crippen LogP contribution is -2.12. The van der Waals surface area contributed by atoms with Crippen molar-refractivity contribution in [2.24, 2.45) is 0 Å². The number of hydrogen-bond acceptors (Lipinski definition) is 1. The number of benzene rings is 10. The molecule has 0 saturated carbocycles. The molecule has 0 aliphatic heterocycles. The number of fused-ring (bicyclic) bond motifs is 4. The molecule has 0 N–H and O–H groups in total. The van der Waals surface area contributed by atoms with E-state index in [1.54, 1.807) is 0 Å². The molecule has 68 heavy (non-hydrogen) atoms. The van der Waals surface area contributed by atoms with Crippen molar-refractivity contribution >= 4 is 49.6 Å². The Bertz CT molecular complexity index is 3580. The Morgan fingerprint density at radius 2 is 0.838 bits per heavy atom. The van der Waals surface area contributed by atoms with E-state index in [9.17, 15) is 0 Å². The van der Waals surface area contributed by atoms with E-state index in [1.165, 1.54) is 93.9 Å². The minimum Gasteiger partial charge on any atom is -0.310 e. The maximum absolute atomic E-state index is 2.49. The normalized spacial score (nSPS) is 12.0. The summed E-state index contributed by atoms with van der Waals surface area (Å²) in [6.45, 7) is 13.9. The SMILES string of the molecule is CC(C)(C)c1ccc2c3c(-c4cccc(N(c5ccc(-c6ccccc6)cc5)c5ccc(-c6ccc(-c7cccc8ccccc78)cc6)cc5)c4)cc(C(C)(C)C)cc3n(-c3ccccc3)c2c1. The van der Waals surface area contributed by atoms with Gasteiger partial charge in [0.25, 0.3) is 0 Å². The van der Waals surface area contributed by atoms with E-state index in [0.717, 1.165) is 17.1 Å². The number of nitrogens with zero attached hydrogens (tertiary/aromatic N) is 2. The summed E-state index contributed by atoms with van der Waals surface area (Å²) in [6, 6.07) is 84.9. The standard InChI is InChI=1S/C66H56N2/c1-65(2,3)52-35-40-60-62(43-52)68(54-22-11-8-12-23-54)63-44-53(66(4,5)6)42-61(64(60)63)51-21-15-24-57(41-51)67(55-36-31-47(32-37-55)45-17-9-7-10-18-45)56-38-33-48(34-39-56)46-27-29-50(30-28-46)59-26-16-20-49-19-13-14-25-58(49)59/h7-44H,1-6H3. The first kappa shape index (κ1) is 42.7. The minimum absolute atomic E-state index is 0.00354. The van der Waals surface area contributed by atoms with E-state index in [-0.39, 0.29) is 10.8 Å². The molecular weight excluding hydrogens is 821 g/mol. The molecule has 11 aromatic rings. The van der Waals surface area contributed by atoms with Crippen LogP contribution in [0.3, 0.4) is 0 Å². The van der Waals surface area contributed by atoms with Gasteiger partial charge in [-0.15, -0.1) is 0 Å². The van der Waals surface area contributed by atoms with Crippen molar-refractivity contribution in [3.05, 3.63) is 242 Å².